The Kier molecular flexibility index (Phi) is 4.66. The van der Waals surface area contributed by atoms with Crippen molar-refractivity contribution < 1.29 is 13.9 Å². The molecule has 1 aliphatic carbocycles. The molecule has 0 aromatic heterocycles. The third-order valence-corrected chi connectivity index (χ3v) is 3.62. The third kappa shape index (κ3) is 3.27. The molecule has 0 unspecified atom stereocenters. The average Bonchev–Trinajstić information content (AvgIpc) is 2.85. The first-order chi connectivity index (χ1) is 8.70. The van der Waals surface area contributed by atoms with E-state index >= 15 is 0 Å². The smallest absolute Gasteiger partial charge is 0.130 e. The molecule has 0 atom stereocenters. The molecular formula is C14H19F2NO. The molecular weight excluding hydrogens is 236 g/mol. The molecule has 0 spiro atoms. The summed E-state index contributed by atoms with van der Waals surface area (Å²) in [6.07, 6.45) is 4.59. The molecule has 1 N–H and O–H groups in total. The summed E-state index contributed by atoms with van der Waals surface area (Å²) in [5.74, 6) is -1.05. The van der Waals surface area contributed by atoms with E-state index in [1.54, 1.807) is 0 Å². The largest absolute Gasteiger partial charge is 0.395 e. The van der Waals surface area contributed by atoms with Crippen molar-refractivity contribution in [3.63, 3.8) is 0 Å². The molecule has 0 heterocycles. The number of hydrogen-bond acceptors (Lipinski definition) is 2. The molecule has 0 aliphatic heterocycles. The molecule has 1 aliphatic rings. The Bertz CT molecular complexity index is 391. The van der Waals surface area contributed by atoms with Crippen LogP contribution in [0.2, 0.25) is 0 Å². The van der Waals surface area contributed by atoms with E-state index in [1.165, 1.54) is 25.0 Å². The minimum Gasteiger partial charge on any atom is -0.395 e. The molecule has 0 amide bonds. The van der Waals surface area contributed by atoms with Crippen LogP contribution in [0.15, 0.2) is 18.2 Å². The van der Waals surface area contributed by atoms with Crippen molar-refractivity contribution in [3.8, 4) is 0 Å². The predicted molar refractivity (Wildman–Crippen MR) is 66.1 cm³/mol. The first kappa shape index (κ1) is 13.4. The SMILES string of the molecule is OCCN(Cc1ccc(F)cc1F)C1CCCC1. The number of rotatable bonds is 5. The minimum atomic E-state index is -0.550. The van der Waals surface area contributed by atoms with Crippen molar-refractivity contribution in [2.75, 3.05) is 13.2 Å². The summed E-state index contributed by atoms with van der Waals surface area (Å²) in [7, 11) is 0. The van der Waals surface area contributed by atoms with Crippen LogP contribution < -0.4 is 0 Å². The molecule has 2 rings (SSSR count). The van der Waals surface area contributed by atoms with Crippen LogP contribution in [-0.2, 0) is 6.54 Å². The second-order valence-corrected chi connectivity index (χ2v) is 4.87. The van der Waals surface area contributed by atoms with Gasteiger partial charge in [0.05, 0.1) is 6.61 Å². The fraction of sp³-hybridized carbons (Fsp3) is 0.571. The Balaban J connectivity index is 2.07. The zero-order valence-electron chi connectivity index (χ0n) is 10.4. The molecule has 1 saturated carbocycles. The monoisotopic (exact) mass is 255 g/mol. The van der Waals surface area contributed by atoms with Crippen LogP contribution in [0, 0.1) is 11.6 Å². The van der Waals surface area contributed by atoms with Gasteiger partial charge in [0.15, 0.2) is 0 Å². The lowest BCUT2D eigenvalue weighted by atomic mass is 10.1. The van der Waals surface area contributed by atoms with Crippen molar-refractivity contribution in [2.45, 2.75) is 38.3 Å². The van der Waals surface area contributed by atoms with Gasteiger partial charge in [-0.15, -0.1) is 0 Å². The maximum absolute atomic E-state index is 13.6. The summed E-state index contributed by atoms with van der Waals surface area (Å²) in [6.45, 7) is 1.05. The molecule has 1 aromatic rings. The Morgan fingerprint density at radius 1 is 1.22 bits per heavy atom. The van der Waals surface area contributed by atoms with Crippen molar-refractivity contribution >= 4 is 0 Å². The topological polar surface area (TPSA) is 23.5 Å². The summed E-state index contributed by atoms with van der Waals surface area (Å²) < 4.78 is 26.4. The third-order valence-electron chi connectivity index (χ3n) is 3.62. The van der Waals surface area contributed by atoms with E-state index in [1.807, 2.05) is 0 Å². The average molecular weight is 255 g/mol. The number of aliphatic hydroxyl groups is 1. The van der Waals surface area contributed by atoms with Crippen molar-refractivity contribution in [1.82, 2.24) is 4.90 Å². The zero-order chi connectivity index (χ0) is 13.0. The van der Waals surface area contributed by atoms with Crippen LogP contribution in [0.1, 0.15) is 31.2 Å². The van der Waals surface area contributed by atoms with Gasteiger partial charge < -0.3 is 5.11 Å². The lowest BCUT2D eigenvalue weighted by molar-refractivity contribution is 0.143. The van der Waals surface area contributed by atoms with Crippen molar-refractivity contribution in [1.29, 1.82) is 0 Å². The molecule has 2 nitrogen and oxygen atoms in total. The van der Waals surface area contributed by atoms with Gasteiger partial charge in [-0.25, -0.2) is 8.78 Å². The lowest BCUT2D eigenvalue weighted by Crippen LogP contribution is -2.35. The highest BCUT2D eigenvalue weighted by Gasteiger charge is 2.23. The highest BCUT2D eigenvalue weighted by atomic mass is 19.1. The van der Waals surface area contributed by atoms with E-state index in [2.05, 4.69) is 4.90 Å². The van der Waals surface area contributed by atoms with Crippen LogP contribution in [0.3, 0.4) is 0 Å². The van der Waals surface area contributed by atoms with E-state index in [9.17, 15) is 8.78 Å². The molecule has 1 fully saturated rings. The second kappa shape index (κ2) is 6.25. The Hall–Kier alpha value is -1.00. The first-order valence-electron chi connectivity index (χ1n) is 6.49. The van der Waals surface area contributed by atoms with Crippen LogP contribution >= 0.6 is 0 Å². The molecule has 0 radical (unpaired) electrons. The van der Waals surface area contributed by atoms with Gasteiger partial charge in [0.25, 0.3) is 0 Å². The fourth-order valence-corrected chi connectivity index (χ4v) is 2.66. The maximum atomic E-state index is 13.6. The van der Waals surface area contributed by atoms with E-state index in [0.29, 0.717) is 24.7 Å². The lowest BCUT2D eigenvalue weighted by Gasteiger charge is -2.28. The van der Waals surface area contributed by atoms with Gasteiger partial charge in [-0.3, -0.25) is 4.90 Å². The quantitative estimate of drug-likeness (QED) is 0.874. The molecule has 4 heteroatoms. The van der Waals surface area contributed by atoms with E-state index in [4.69, 9.17) is 5.11 Å². The Morgan fingerprint density at radius 3 is 2.56 bits per heavy atom. The molecule has 100 valence electrons. The van der Waals surface area contributed by atoms with Gasteiger partial charge in [0, 0.05) is 30.8 Å². The van der Waals surface area contributed by atoms with Crippen LogP contribution in [0.25, 0.3) is 0 Å². The standard InChI is InChI=1S/C14H19F2NO/c15-12-6-5-11(14(16)9-12)10-17(7-8-18)13-3-1-2-4-13/h5-6,9,13,18H,1-4,7-8,10H2. The number of halogens is 2. The van der Waals surface area contributed by atoms with Gasteiger partial charge in [-0.05, 0) is 18.9 Å². The predicted octanol–water partition coefficient (Wildman–Crippen LogP) is 2.70. The van der Waals surface area contributed by atoms with E-state index in [0.717, 1.165) is 18.9 Å². The number of nitrogens with zero attached hydrogens (tertiary/aromatic N) is 1. The van der Waals surface area contributed by atoms with Gasteiger partial charge in [-0.1, -0.05) is 18.9 Å². The minimum absolute atomic E-state index is 0.0688. The van der Waals surface area contributed by atoms with Gasteiger partial charge in [0.1, 0.15) is 11.6 Å². The van der Waals surface area contributed by atoms with E-state index < -0.39 is 11.6 Å². The summed E-state index contributed by atoms with van der Waals surface area (Å²) in [4.78, 5) is 2.10. The van der Waals surface area contributed by atoms with E-state index in [-0.39, 0.29) is 6.61 Å². The van der Waals surface area contributed by atoms with Crippen LogP contribution in [0.5, 0.6) is 0 Å². The van der Waals surface area contributed by atoms with Crippen molar-refractivity contribution in [3.05, 3.63) is 35.4 Å². The maximum Gasteiger partial charge on any atom is 0.130 e. The number of hydrogen-bond donors (Lipinski definition) is 1. The molecule has 18 heavy (non-hydrogen) atoms. The highest BCUT2D eigenvalue weighted by molar-refractivity contribution is 5.18. The number of aliphatic hydroxyl groups excluding tert-OH is 1. The van der Waals surface area contributed by atoms with Crippen LogP contribution in [0.4, 0.5) is 8.78 Å². The summed E-state index contributed by atoms with van der Waals surface area (Å²) in [5, 5.41) is 9.09. The van der Waals surface area contributed by atoms with Crippen molar-refractivity contribution in [2.24, 2.45) is 0 Å². The molecule has 1 aromatic carbocycles. The summed E-state index contributed by atoms with van der Waals surface area (Å²) in [5.41, 5.74) is 0.497. The summed E-state index contributed by atoms with van der Waals surface area (Å²) in [6, 6.07) is 4.11. The molecule has 0 saturated heterocycles. The highest BCUT2D eigenvalue weighted by Crippen LogP contribution is 2.25. The van der Waals surface area contributed by atoms with Gasteiger partial charge >= 0.3 is 0 Å². The first-order valence-corrected chi connectivity index (χ1v) is 6.49. The normalized spacial score (nSPS) is 16.7. The molecule has 0 bridgehead atoms. The number of benzene rings is 1. The zero-order valence-corrected chi connectivity index (χ0v) is 10.4. The van der Waals surface area contributed by atoms with Gasteiger partial charge in [0.2, 0.25) is 0 Å². The van der Waals surface area contributed by atoms with Crippen LogP contribution in [-0.4, -0.2) is 29.2 Å². The Labute approximate surface area is 106 Å². The second-order valence-electron chi connectivity index (χ2n) is 4.87. The summed E-state index contributed by atoms with van der Waals surface area (Å²) >= 11 is 0. The van der Waals surface area contributed by atoms with Gasteiger partial charge in [-0.2, -0.15) is 0 Å². The fourth-order valence-electron chi connectivity index (χ4n) is 2.66. The Morgan fingerprint density at radius 2 is 1.94 bits per heavy atom.